The first kappa shape index (κ1) is 28.7. The molecule has 0 aliphatic carbocycles. The van der Waals surface area contributed by atoms with E-state index >= 15 is 0 Å². The van der Waals surface area contributed by atoms with E-state index in [1.165, 1.54) is 0 Å². The number of amides is 3. The summed E-state index contributed by atoms with van der Waals surface area (Å²) in [5.74, 6) is -4.89. The lowest BCUT2D eigenvalue weighted by atomic mass is 10.0. The maximum Gasteiger partial charge on any atom is 0.326 e. The molecule has 0 aliphatic rings. The highest BCUT2D eigenvalue weighted by Gasteiger charge is 2.30. The van der Waals surface area contributed by atoms with Crippen molar-refractivity contribution in [3.05, 3.63) is 0 Å². The predicted molar refractivity (Wildman–Crippen MR) is 116 cm³/mol. The Bertz CT molecular complexity index is 657. The van der Waals surface area contributed by atoms with E-state index in [-0.39, 0.29) is 30.4 Å². The minimum absolute atomic E-state index is 0.0256. The zero-order valence-electron chi connectivity index (χ0n) is 18.3. The fraction of sp³-hybridized carbons (Fsp3) is 0.737. The summed E-state index contributed by atoms with van der Waals surface area (Å²) in [5.41, 5.74) is 5.76. The molecule has 12 heteroatoms. The van der Waals surface area contributed by atoms with Gasteiger partial charge in [0.05, 0.1) is 6.04 Å². The first-order chi connectivity index (χ1) is 14.3. The maximum atomic E-state index is 12.6. The van der Waals surface area contributed by atoms with Crippen LogP contribution in [0.15, 0.2) is 0 Å². The van der Waals surface area contributed by atoms with Gasteiger partial charge in [0, 0.05) is 12.2 Å². The zero-order chi connectivity index (χ0) is 24.3. The van der Waals surface area contributed by atoms with Crippen LogP contribution in [0.3, 0.4) is 0 Å². The second kappa shape index (κ2) is 13.9. The van der Waals surface area contributed by atoms with Crippen molar-refractivity contribution in [2.75, 3.05) is 5.75 Å². The Morgan fingerprint density at radius 3 is 1.74 bits per heavy atom. The third-order valence-electron chi connectivity index (χ3n) is 4.44. The van der Waals surface area contributed by atoms with Crippen molar-refractivity contribution in [2.24, 2.45) is 17.6 Å². The molecular formula is C19H34N4O7S. The summed E-state index contributed by atoms with van der Waals surface area (Å²) in [7, 11) is 0. The van der Waals surface area contributed by atoms with E-state index in [1.807, 2.05) is 0 Å². The van der Waals surface area contributed by atoms with Gasteiger partial charge in [0.2, 0.25) is 17.7 Å². The van der Waals surface area contributed by atoms with Crippen LogP contribution in [0.4, 0.5) is 0 Å². The van der Waals surface area contributed by atoms with E-state index in [2.05, 4.69) is 28.6 Å². The van der Waals surface area contributed by atoms with Crippen molar-refractivity contribution in [1.82, 2.24) is 16.0 Å². The van der Waals surface area contributed by atoms with Gasteiger partial charge >= 0.3 is 11.9 Å². The smallest absolute Gasteiger partial charge is 0.326 e. The lowest BCUT2D eigenvalue weighted by molar-refractivity contribution is -0.143. The minimum Gasteiger partial charge on any atom is -0.481 e. The van der Waals surface area contributed by atoms with Crippen molar-refractivity contribution in [3.8, 4) is 0 Å². The molecule has 3 amide bonds. The monoisotopic (exact) mass is 462 g/mol. The molecule has 0 rings (SSSR count). The minimum atomic E-state index is -1.31. The molecule has 0 aromatic carbocycles. The number of thiol groups is 1. The van der Waals surface area contributed by atoms with Crippen molar-refractivity contribution >= 4 is 42.3 Å². The quantitative estimate of drug-likeness (QED) is 0.166. The lowest BCUT2D eigenvalue weighted by Gasteiger charge is -2.25. The van der Waals surface area contributed by atoms with E-state index < -0.39 is 60.2 Å². The van der Waals surface area contributed by atoms with Crippen LogP contribution in [0.25, 0.3) is 0 Å². The number of rotatable bonds is 14. The molecule has 7 N–H and O–H groups in total. The van der Waals surface area contributed by atoms with Gasteiger partial charge in [0.1, 0.15) is 18.1 Å². The number of aliphatic carboxylic acids is 2. The first-order valence-corrected chi connectivity index (χ1v) is 10.6. The summed E-state index contributed by atoms with van der Waals surface area (Å²) < 4.78 is 0. The van der Waals surface area contributed by atoms with Crippen LogP contribution in [0.5, 0.6) is 0 Å². The number of carbonyl (C=O) groups is 5. The van der Waals surface area contributed by atoms with Crippen LogP contribution in [0.2, 0.25) is 0 Å². The number of nitrogens with two attached hydrogens (primary N) is 1. The molecule has 4 atom stereocenters. The van der Waals surface area contributed by atoms with E-state index in [4.69, 9.17) is 10.8 Å². The molecule has 0 aromatic heterocycles. The van der Waals surface area contributed by atoms with Gasteiger partial charge in [-0.25, -0.2) is 4.79 Å². The molecule has 4 unspecified atom stereocenters. The number of carbonyl (C=O) groups excluding carboxylic acids is 3. The number of hydrogen-bond donors (Lipinski definition) is 7. The lowest BCUT2D eigenvalue weighted by Crippen LogP contribution is -2.58. The largest absolute Gasteiger partial charge is 0.481 e. The molecular weight excluding hydrogens is 428 g/mol. The standard InChI is InChI=1S/C19H34N4O7S/c1-9(2)7-12(19(29)30)22-16(26)11(5-6-14(24)25)21-17(27)13(8-31)23-18(28)15(20)10(3)4/h9-13,15,31H,5-8,20H2,1-4H3,(H,21,27)(H,22,26)(H,23,28)(H,24,25)(H,29,30). The van der Waals surface area contributed by atoms with Gasteiger partial charge in [-0.3, -0.25) is 19.2 Å². The van der Waals surface area contributed by atoms with Crippen LogP contribution >= 0.6 is 12.6 Å². The van der Waals surface area contributed by atoms with Gasteiger partial charge in [-0.05, 0) is 24.7 Å². The summed E-state index contributed by atoms with van der Waals surface area (Å²) in [4.78, 5) is 59.7. The van der Waals surface area contributed by atoms with E-state index in [0.717, 1.165) is 0 Å². The number of nitrogens with one attached hydrogen (secondary N) is 3. The van der Waals surface area contributed by atoms with Crippen LogP contribution in [-0.2, 0) is 24.0 Å². The molecule has 0 fully saturated rings. The van der Waals surface area contributed by atoms with Crippen LogP contribution < -0.4 is 21.7 Å². The van der Waals surface area contributed by atoms with Gasteiger partial charge in [-0.1, -0.05) is 27.7 Å². The summed E-state index contributed by atoms with van der Waals surface area (Å²) >= 11 is 4.04. The number of carboxylic acid groups (broad SMARTS) is 2. The Morgan fingerprint density at radius 2 is 1.32 bits per heavy atom. The molecule has 31 heavy (non-hydrogen) atoms. The van der Waals surface area contributed by atoms with Crippen LogP contribution in [0, 0.1) is 11.8 Å². The van der Waals surface area contributed by atoms with Crippen molar-refractivity contribution < 1.29 is 34.2 Å². The summed E-state index contributed by atoms with van der Waals surface area (Å²) in [5, 5.41) is 25.4. The molecule has 11 nitrogen and oxygen atoms in total. The molecule has 0 spiro atoms. The van der Waals surface area contributed by atoms with Crippen LogP contribution in [-0.4, -0.2) is 69.8 Å². The first-order valence-electron chi connectivity index (χ1n) is 10.0. The molecule has 0 saturated heterocycles. The van der Waals surface area contributed by atoms with Crippen molar-refractivity contribution in [2.45, 2.75) is 71.1 Å². The maximum absolute atomic E-state index is 12.6. The fourth-order valence-corrected chi connectivity index (χ4v) is 2.80. The van der Waals surface area contributed by atoms with Crippen molar-refractivity contribution in [3.63, 3.8) is 0 Å². The second-order valence-electron chi connectivity index (χ2n) is 8.04. The highest BCUT2D eigenvalue weighted by Crippen LogP contribution is 2.07. The topological polar surface area (TPSA) is 188 Å². The van der Waals surface area contributed by atoms with E-state index in [1.54, 1.807) is 27.7 Å². The van der Waals surface area contributed by atoms with Crippen molar-refractivity contribution in [1.29, 1.82) is 0 Å². The molecule has 0 saturated carbocycles. The molecule has 0 aliphatic heterocycles. The number of hydrogen-bond acceptors (Lipinski definition) is 7. The fourth-order valence-electron chi connectivity index (χ4n) is 2.54. The highest BCUT2D eigenvalue weighted by molar-refractivity contribution is 7.80. The Labute approximate surface area is 187 Å². The Hall–Kier alpha value is -2.34. The number of carboxylic acids is 2. The van der Waals surface area contributed by atoms with Crippen LogP contribution in [0.1, 0.15) is 47.0 Å². The summed E-state index contributed by atoms with van der Waals surface area (Å²) in [6.07, 6.45) is -0.542. The Balaban J connectivity index is 5.36. The SMILES string of the molecule is CC(C)CC(NC(=O)C(CCC(=O)O)NC(=O)C(CS)NC(=O)C(N)C(C)C)C(=O)O. The second-order valence-corrected chi connectivity index (χ2v) is 8.40. The molecule has 0 radical (unpaired) electrons. The third-order valence-corrected chi connectivity index (χ3v) is 4.80. The third kappa shape index (κ3) is 11.0. The molecule has 0 aromatic rings. The molecule has 0 heterocycles. The van der Waals surface area contributed by atoms with E-state index in [0.29, 0.717) is 0 Å². The Morgan fingerprint density at radius 1 is 0.839 bits per heavy atom. The van der Waals surface area contributed by atoms with Gasteiger partial charge in [0.25, 0.3) is 0 Å². The van der Waals surface area contributed by atoms with Gasteiger partial charge in [0.15, 0.2) is 0 Å². The van der Waals surface area contributed by atoms with Gasteiger partial charge < -0.3 is 31.9 Å². The average molecular weight is 463 g/mol. The zero-order valence-corrected chi connectivity index (χ0v) is 19.1. The van der Waals surface area contributed by atoms with Gasteiger partial charge in [-0.15, -0.1) is 0 Å². The summed E-state index contributed by atoms with van der Waals surface area (Å²) in [6, 6.07) is -4.47. The van der Waals surface area contributed by atoms with Gasteiger partial charge in [-0.2, -0.15) is 12.6 Å². The Kier molecular flexibility index (Phi) is 12.8. The molecule has 0 bridgehead atoms. The predicted octanol–water partition coefficient (Wildman–Crippen LogP) is -0.651. The highest BCUT2D eigenvalue weighted by atomic mass is 32.1. The summed E-state index contributed by atoms with van der Waals surface area (Å²) in [6.45, 7) is 7.05. The van der Waals surface area contributed by atoms with E-state index in [9.17, 15) is 29.1 Å². The average Bonchev–Trinajstić information content (AvgIpc) is 2.66. The molecule has 178 valence electrons. The normalized spacial score (nSPS) is 15.0.